The molecule has 1 aromatic heterocycles. The molecular weight excluding hydrogens is 451 g/mol. The number of benzene rings is 1. The van der Waals surface area contributed by atoms with Gasteiger partial charge in [-0.05, 0) is 62.4 Å². The van der Waals surface area contributed by atoms with Gasteiger partial charge in [0.1, 0.15) is 0 Å². The van der Waals surface area contributed by atoms with Gasteiger partial charge in [-0.1, -0.05) is 24.3 Å². The highest BCUT2D eigenvalue weighted by Gasteiger charge is 2.50. The van der Waals surface area contributed by atoms with E-state index in [-0.39, 0.29) is 36.2 Å². The Morgan fingerprint density at radius 1 is 1.24 bits per heavy atom. The molecule has 0 unspecified atom stereocenters. The number of anilines is 1. The third kappa shape index (κ3) is 5.75. The lowest BCUT2D eigenvalue weighted by Gasteiger charge is -2.28. The van der Waals surface area contributed by atoms with E-state index in [9.17, 15) is 4.79 Å². The topological polar surface area (TPSA) is 80.5 Å². The zero-order chi connectivity index (χ0) is 24.3. The van der Waals surface area contributed by atoms with Gasteiger partial charge in [0.15, 0.2) is 0 Å². The van der Waals surface area contributed by atoms with E-state index < -0.39 is 8.41 Å². The Hall–Kier alpha value is -2.10. The largest absolute Gasteiger partial charge is 0.396 e. The van der Waals surface area contributed by atoms with Gasteiger partial charge in [-0.2, -0.15) is 0 Å². The average Bonchev–Trinajstić information content (AvgIpc) is 3.50. The number of aromatic nitrogens is 3. The minimum absolute atomic E-state index is 0.00953. The van der Waals surface area contributed by atoms with E-state index in [1.54, 1.807) is 17.8 Å². The Labute approximate surface area is 202 Å². The van der Waals surface area contributed by atoms with Gasteiger partial charge in [0.05, 0.1) is 17.9 Å². The molecule has 1 aromatic carbocycles. The lowest BCUT2D eigenvalue weighted by Crippen LogP contribution is -2.36. The smallest absolute Gasteiger partial charge is 0.246 e. The molecule has 7 nitrogen and oxygen atoms in total. The molecule has 0 saturated carbocycles. The summed E-state index contributed by atoms with van der Waals surface area (Å²) in [6.45, 7) is 7.17. The third-order valence-electron chi connectivity index (χ3n) is 7.31. The standard InChI is InChI=1S/C25H37FN4O3Si/c1-18-22(10-9-19-6-4-7-21(16-19)30-13-5-8-24(30)32)33-23(25(18)34(2,3)26)11-14-29-17-20(12-15-31)27-28-29/h4,6-7,16-18,22-23,25,31H,5,8-15H2,1-3H3/t18-,22+,23-,25+/m1/s1. The number of hydrogen-bond acceptors (Lipinski definition) is 5. The molecule has 34 heavy (non-hydrogen) atoms. The molecule has 2 aromatic rings. The number of nitrogens with zero attached hydrogens (tertiary/aromatic N) is 4. The molecule has 2 aliphatic rings. The highest BCUT2D eigenvalue weighted by atomic mass is 28.4. The second-order valence-electron chi connectivity index (χ2n) is 10.3. The van der Waals surface area contributed by atoms with Crippen molar-refractivity contribution in [3.8, 4) is 0 Å². The van der Waals surface area contributed by atoms with Gasteiger partial charge in [-0.15, -0.1) is 5.10 Å². The molecule has 0 radical (unpaired) electrons. The van der Waals surface area contributed by atoms with Crippen LogP contribution in [0.4, 0.5) is 9.80 Å². The van der Waals surface area contributed by atoms with Gasteiger partial charge in [-0.25, -0.2) is 0 Å². The van der Waals surface area contributed by atoms with Crippen LogP contribution >= 0.6 is 0 Å². The van der Waals surface area contributed by atoms with Gasteiger partial charge in [0.2, 0.25) is 14.3 Å². The lowest BCUT2D eigenvalue weighted by molar-refractivity contribution is -0.117. The summed E-state index contributed by atoms with van der Waals surface area (Å²) in [6, 6.07) is 8.23. The summed E-state index contributed by atoms with van der Waals surface area (Å²) in [4.78, 5) is 14.0. The van der Waals surface area contributed by atoms with Gasteiger partial charge >= 0.3 is 0 Å². The zero-order valence-corrected chi connectivity index (χ0v) is 21.5. The first kappa shape index (κ1) is 25.0. The predicted molar refractivity (Wildman–Crippen MR) is 132 cm³/mol. The molecule has 2 fully saturated rings. The van der Waals surface area contributed by atoms with E-state index in [1.807, 2.05) is 23.2 Å². The Morgan fingerprint density at radius 2 is 2.06 bits per heavy atom. The third-order valence-corrected chi connectivity index (χ3v) is 9.79. The van der Waals surface area contributed by atoms with Crippen LogP contribution in [0.25, 0.3) is 0 Å². The number of aryl methyl sites for hydroxylation is 2. The highest BCUT2D eigenvalue weighted by Crippen LogP contribution is 2.47. The molecule has 0 aliphatic carbocycles. The van der Waals surface area contributed by atoms with Crippen molar-refractivity contribution in [3.63, 3.8) is 0 Å². The SMILES string of the molecule is C[C@H]1[C@H]([Si](C)(C)F)[C@@H](CCn2cc(CCO)nn2)O[C@H]1CCc1cccc(N2CCCC2=O)c1. The number of rotatable bonds is 10. The van der Waals surface area contributed by atoms with E-state index in [0.29, 0.717) is 25.8 Å². The second kappa shape index (κ2) is 10.7. The summed E-state index contributed by atoms with van der Waals surface area (Å²) in [6.07, 6.45) is 6.12. The molecule has 186 valence electrons. The molecule has 3 heterocycles. The van der Waals surface area contributed by atoms with Crippen LogP contribution in [-0.2, 0) is 28.9 Å². The average molecular weight is 489 g/mol. The molecule has 2 aliphatic heterocycles. The molecule has 0 bridgehead atoms. The van der Waals surface area contributed by atoms with E-state index in [0.717, 1.165) is 37.2 Å². The van der Waals surface area contributed by atoms with Crippen LogP contribution in [-0.4, -0.2) is 59.8 Å². The Morgan fingerprint density at radius 3 is 2.76 bits per heavy atom. The lowest BCUT2D eigenvalue weighted by atomic mass is 9.95. The van der Waals surface area contributed by atoms with Crippen LogP contribution in [0.5, 0.6) is 0 Å². The summed E-state index contributed by atoms with van der Waals surface area (Å²) in [5.74, 6) is 0.349. The number of aliphatic hydroxyl groups is 1. The maximum Gasteiger partial charge on any atom is 0.246 e. The number of hydrogen-bond donors (Lipinski definition) is 1. The van der Waals surface area contributed by atoms with Crippen molar-refractivity contribution in [2.24, 2.45) is 5.92 Å². The van der Waals surface area contributed by atoms with E-state index >= 15 is 4.11 Å². The number of halogens is 1. The van der Waals surface area contributed by atoms with E-state index in [4.69, 9.17) is 9.84 Å². The van der Waals surface area contributed by atoms with Crippen LogP contribution in [0.2, 0.25) is 18.6 Å². The van der Waals surface area contributed by atoms with Crippen LogP contribution in [0.1, 0.15) is 43.9 Å². The number of ether oxygens (including phenoxy) is 1. The van der Waals surface area contributed by atoms with Crippen LogP contribution < -0.4 is 4.90 Å². The van der Waals surface area contributed by atoms with Crippen molar-refractivity contribution in [2.75, 3.05) is 18.1 Å². The zero-order valence-electron chi connectivity index (χ0n) is 20.5. The Bertz CT molecular complexity index is 979. The quantitative estimate of drug-likeness (QED) is 0.405. The molecule has 4 rings (SSSR count). The predicted octanol–water partition coefficient (Wildman–Crippen LogP) is 3.91. The molecular formula is C25H37FN4O3Si. The maximum absolute atomic E-state index is 15.4. The Balaban J connectivity index is 1.38. The summed E-state index contributed by atoms with van der Waals surface area (Å²) in [5.41, 5.74) is 2.85. The van der Waals surface area contributed by atoms with E-state index in [1.165, 1.54) is 5.56 Å². The molecule has 2 saturated heterocycles. The molecule has 9 heteroatoms. The van der Waals surface area contributed by atoms with Crippen LogP contribution in [0.3, 0.4) is 0 Å². The van der Waals surface area contributed by atoms with Crippen LogP contribution in [0.15, 0.2) is 30.5 Å². The van der Waals surface area contributed by atoms with Crippen molar-refractivity contribution >= 4 is 20.0 Å². The fraction of sp³-hybridized carbons (Fsp3) is 0.640. The van der Waals surface area contributed by atoms with Crippen molar-refractivity contribution in [1.82, 2.24) is 15.0 Å². The first-order chi connectivity index (χ1) is 16.3. The second-order valence-corrected chi connectivity index (χ2v) is 14.1. The highest BCUT2D eigenvalue weighted by molar-refractivity contribution is 6.72. The van der Waals surface area contributed by atoms with Crippen LogP contribution in [0, 0.1) is 5.92 Å². The summed E-state index contributed by atoms with van der Waals surface area (Å²) < 4.78 is 23.6. The first-order valence-electron chi connectivity index (χ1n) is 12.5. The van der Waals surface area contributed by atoms with Crippen molar-refractivity contribution in [1.29, 1.82) is 0 Å². The summed E-state index contributed by atoms with van der Waals surface area (Å²) in [5, 5.41) is 17.3. The van der Waals surface area contributed by atoms with Crippen molar-refractivity contribution in [2.45, 2.75) is 82.8 Å². The van der Waals surface area contributed by atoms with Crippen molar-refractivity contribution in [3.05, 3.63) is 41.7 Å². The fourth-order valence-electron chi connectivity index (χ4n) is 5.70. The molecule has 4 atom stereocenters. The number of amides is 1. The minimum atomic E-state index is -2.93. The fourth-order valence-corrected chi connectivity index (χ4v) is 8.29. The number of carbonyl (C=O) groups excluding carboxylic acids is 1. The van der Waals surface area contributed by atoms with Gasteiger partial charge in [0, 0.05) is 50.0 Å². The van der Waals surface area contributed by atoms with E-state index in [2.05, 4.69) is 29.4 Å². The molecule has 1 amide bonds. The number of aliphatic hydroxyl groups excluding tert-OH is 1. The minimum Gasteiger partial charge on any atom is -0.396 e. The number of carbonyl (C=O) groups is 1. The molecule has 1 N–H and O–H groups in total. The monoisotopic (exact) mass is 488 g/mol. The summed E-state index contributed by atoms with van der Waals surface area (Å²) in [7, 11) is -2.93. The maximum atomic E-state index is 15.4. The first-order valence-corrected chi connectivity index (χ1v) is 15.5. The van der Waals surface area contributed by atoms with Gasteiger partial charge in [-0.3, -0.25) is 9.48 Å². The Kier molecular flexibility index (Phi) is 7.84. The normalized spacial score (nSPS) is 25.4. The van der Waals surface area contributed by atoms with Crippen molar-refractivity contribution < 1.29 is 18.7 Å². The van der Waals surface area contributed by atoms with Gasteiger partial charge in [0.25, 0.3) is 0 Å². The molecule has 0 spiro atoms. The summed E-state index contributed by atoms with van der Waals surface area (Å²) >= 11 is 0. The van der Waals surface area contributed by atoms with Gasteiger partial charge < -0.3 is 18.9 Å².